The van der Waals surface area contributed by atoms with Gasteiger partial charge in [0.15, 0.2) is 0 Å². The summed E-state index contributed by atoms with van der Waals surface area (Å²) in [6.07, 6.45) is 0.730. The summed E-state index contributed by atoms with van der Waals surface area (Å²) in [7, 11) is 0. The van der Waals surface area contributed by atoms with E-state index in [4.69, 9.17) is 9.26 Å². The van der Waals surface area contributed by atoms with E-state index < -0.39 is 23.1 Å². The molecule has 1 fully saturated rings. The highest BCUT2D eigenvalue weighted by Gasteiger charge is 2.45. The molecule has 0 spiro atoms. The van der Waals surface area contributed by atoms with Gasteiger partial charge < -0.3 is 19.3 Å². The second kappa shape index (κ2) is 7.89. The van der Waals surface area contributed by atoms with Crippen LogP contribution in [-0.2, 0) is 16.0 Å². The molecule has 2 heterocycles. The number of hydrogen-bond donors (Lipinski definition) is 1. The maximum absolute atomic E-state index is 12.5. The molecule has 0 saturated carbocycles. The Kier molecular flexibility index (Phi) is 5.68. The van der Waals surface area contributed by atoms with Crippen LogP contribution in [0.5, 0.6) is 0 Å². The minimum absolute atomic E-state index is 0.0812. The van der Waals surface area contributed by atoms with Gasteiger partial charge in [0.05, 0.1) is 5.41 Å². The highest BCUT2D eigenvalue weighted by Crippen LogP contribution is 2.35. The minimum atomic E-state index is -1.13. The number of rotatable bonds is 4. The van der Waals surface area contributed by atoms with Crippen molar-refractivity contribution < 1.29 is 24.0 Å². The molecule has 1 aromatic carbocycles. The number of carbonyl (C=O) groups is 2. The normalized spacial score (nSPS) is 19.8. The lowest BCUT2D eigenvalue weighted by atomic mass is 9.76. The average Bonchev–Trinajstić information content (AvgIpc) is 3.09. The average molecular weight is 400 g/mol. The van der Waals surface area contributed by atoms with E-state index in [1.807, 2.05) is 31.2 Å². The van der Waals surface area contributed by atoms with Crippen LogP contribution in [0.3, 0.4) is 0 Å². The summed E-state index contributed by atoms with van der Waals surface area (Å²) in [5, 5.41) is 14.1. The molecule has 3 rings (SSSR count). The van der Waals surface area contributed by atoms with E-state index in [0.29, 0.717) is 30.8 Å². The summed E-state index contributed by atoms with van der Waals surface area (Å²) in [5.74, 6) is -0.451. The SMILES string of the molecule is Cc1ccc(-c2cc(CC3(C(=O)O)CCCN(C(=O)OC(C)(C)C)C3)on2)cc1. The number of piperidine rings is 1. The number of carboxylic acid groups (broad SMARTS) is 1. The van der Waals surface area contributed by atoms with Crippen LogP contribution in [0.15, 0.2) is 34.9 Å². The minimum Gasteiger partial charge on any atom is -0.481 e. The fraction of sp³-hybridized carbons (Fsp3) is 0.500. The standard InChI is InChI=1S/C22H28N2O5/c1-15-6-8-16(9-7-15)18-12-17(29-23-18)13-22(19(25)26)10-5-11-24(14-22)20(27)28-21(2,3)4/h6-9,12H,5,10-11,13-14H2,1-4H3,(H,25,26). The van der Waals surface area contributed by atoms with Crippen LogP contribution in [-0.4, -0.2) is 45.9 Å². The van der Waals surface area contributed by atoms with Crippen molar-refractivity contribution in [2.24, 2.45) is 5.41 Å². The Labute approximate surface area is 170 Å². The number of aliphatic carboxylic acids is 1. The van der Waals surface area contributed by atoms with Gasteiger partial charge >= 0.3 is 12.1 Å². The van der Waals surface area contributed by atoms with Crippen LogP contribution in [0, 0.1) is 12.3 Å². The zero-order valence-corrected chi connectivity index (χ0v) is 17.4. The Balaban J connectivity index is 1.78. The van der Waals surface area contributed by atoms with E-state index >= 15 is 0 Å². The molecule has 2 aromatic rings. The number of carboxylic acids is 1. The smallest absolute Gasteiger partial charge is 0.410 e. The van der Waals surface area contributed by atoms with E-state index in [-0.39, 0.29) is 13.0 Å². The van der Waals surface area contributed by atoms with E-state index in [0.717, 1.165) is 11.1 Å². The molecule has 0 aliphatic carbocycles. The fourth-order valence-corrected chi connectivity index (χ4v) is 3.60. The van der Waals surface area contributed by atoms with Crippen molar-refractivity contribution in [2.45, 2.75) is 52.6 Å². The van der Waals surface area contributed by atoms with Crippen molar-refractivity contribution in [3.8, 4) is 11.3 Å². The lowest BCUT2D eigenvalue weighted by molar-refractivity contribution is -0.152. The van der Waals surface area contributed by atoms with Gasteiger partial charge in [0.1, 0.15) is 17.1 Å². The summed E-state index contributed by atoms with van der Waals surface area (Å²) in [6, 6.07) is 9.66. The summed E-state index contributed by atoms with van der Waals surface area (Å²) in [6.45, 7) is 7.95. The molecule has 0 radical (unpaired) electrons. The van der Waals surface area contributed by atoms with Gasteiger partial charge in [0, 0.05) is 31.1 Å². The number of benzene rings is 1. The molecule has 1 aromatic heterocycles. The first-order valence-corrected chi connectivity index (χ1v) is 9.82. The topological polar surface area (TPSA) is 92.9 Å². The Bertz CT molecular complexity index is 881. The number of amides is 1. The van der Waals surface area contributed by atoms with Crippen LogP contribution in [0.4, 0.5) is 4.79 Å². The fourth-order valence-electron chi connectivity index (χ4n) is 3.60. The number of aromatic nitrogens is 1. The van der Waals surface area contributed by atoms with Gasteiger partial charge in [-0.15, -0.1) is 0 Å². The zero-order chi connectivity index (χ0) is 21.2. The van der Waals surface area contributed by atoms with Gasteiger partial charge in [-0.1, -0.05) is 35.0 Å². The van der Waals surface area contributed by atoms with Crippen molar-refractivity contribution in [1.82, 2.24) is 10.1 Å². The zero-order valence-electron chi connectivity index (χ0n) is 17.4. The van der Waals surface area contributed by atoms with E-state index in [9.17, 15) is 14.7 Å². The van der Waals surface area contributed by atoms with Gasteiger partial charge in [0.25, 0.3) is 0 Å². The molecule has 1 aliphatic heterocycles. The summed E-state index contributed by atoms with van der Waals surface area (Å²) < 4.78 is 10.9. The van der Waals surface area contributed by atoms with Crippen molar-refractivity contribution in [2.75, 3.05) is 13.1 Å². The summed E-state index contributed by atoms with van der Waals surface area (Å²) >= 11 is 0. The predicted octanol–water partition coefficient (Wildman–Crippen LogP) is 4.29. The lowest BCUT2D eigenvalue weighted by Gasteiger charge is -2.39. The van der Waals surface area contributed by atoms with Gasteiger partial charge in [-0.25, -0.2) is 4.79 Å². The number of carbonyl (C=O) groups excluding carboxylic acids is 1. The van der Waals surface area contributed by atoms with E-state index in [1.54, 1.807) is 26.8 Å². The molecule has 1 unspecified atom stereocenters. The first-order chi connectivity index (χ1) is 13.6. The van der Waals surface area contributed by atoms with Crippen LogP contribution < -0.4 is 0 Å². The number of aryl methyl sites for hydroxylation is 1. The highest BCUT2D eigenvalue weighted by atomic mass is 16.6. The molecule has 156 valence electrons. The highest BCUT2D eigenvalue weighted by molar-refractivity contribution is 5.77. The van der Waals surface area contributed by atoms with Crippen LogP contribution in [0.2, 0.25) is 0 Å². The third kappa shape index (κ3) is 4.96. The third-order valence-corrected chi connectivity index (χ3v) is 5.10. The van der Waals surface area contributed by atoms with Crippen molar-refractivity contribution in [3.05, 3.63) is 41.7 Å². The van der Waals surface area contributed by atoms with E-state index in [1.165, 1.54) is 4.90 Å². The van der Waals surface area contributed by atoms with Crippen molar-refractivity contribution >= 4 is 12.1 Å². The lowest BCUT2D eigenvalue weighted by Crippen LogP contribution is -2.52. The van der Waals surface area contributed by atoms with Crippen molar-refractivity contribution in [1.29, 1.82) is 0 Å². The Morgan fingerprint density at radius 2 is 1.97 bits per heavy atom. The Morgan fingerprint density at radius 3 is 2.59 bits per heavy atom. The second-order valence-electron chi connectivity index (χ2n) is 8.81. The van der Waals surface area contributed by atoms with Gasteiger partial charge in [-0.3, -0.25) is 4.79 Å². The van der Waals surface area contributed by atoms with E-state index in [2.05, 4.69) is 5.16 Å². The number of ether oxygens (including phenoxy) is 1. The number of likely N-dealkylation sites (tertiary alicyclic amines) is 1. The largest absolute Gasteiger partial charge is 0.481 e. The third-order valence-electron chi connectivity index (χ3n) is 5.10. The molecule has 0 bridgehead atoms. The molecule has 7 nitrogen and oxygen atoms in total. The van der Waals surface area contributed by atoms with Crippen LogP contribution in [0.25, 0.3) is 11.3 Å². The monoisotopic (exact) mass is 400 g/mol. The summed E-state index contributed by atoms with van der Waals surface area (Å²) in [5.41, 5.74) is 0.967. The molecule has 29 heavy (non-hydrogen) atoms. The quantitative estimate of drug-likeness (QED) is 0.823. The predicted molar refractivity (Wildman–Crippen MR) is 107 cm³/mol. The number of hydrogen-bond acceptors (Lipinski definition) is 5. The molecule has 1 saturated heterocycles. The van der Waals surface area contributed by atoms with Gasteiger partial charge in [0.2, 0.25) is 0 Å². The molecule has 1 N–H and O–H groups in total. The molecular formula is C22H28N2O5. The maximum atomic E-state index is 12.5. The molecule has 1 atom stereocenters. The molecule has 7 heteroatoms. The first-order valence-electron chi connectivity index (χ1n) is 9.82. The first kappa shape index (κ1) is 20.9. The Morgan fingerprint density at radius 1 is 1.28 bits per heavy atom. The molecule has 1 aliphatic rings. The van der Waals surface area contributed by atoms with Crippen LogP contribution >= 0.6 is 0 Å². The second-order valence-corrected chi connectivity index (χ2v) is 8.81. The van der Waals surface area contributed by atoms with Gasteiger partial charge in [-0.05, 0) is 40.5 Å². The summed E-state index contributed by atoms with van der Waals surface area (Å²) in [4.78, 5) is 26.2. The van der Waals surface area contributed by atoms with Crippen LogP contribution in [0.1, 0.15) is 44.9 Å². The Hall–Kier alpha value is -2.83. The molecular weight excluding hydrogens is 372 g/mol. The van der Waals surface area contributed by atoms with Gasteiger partial charge in [-0.2, -0.15) is 0 Å². The van der Waals surface area contributed by atoms with Crippen molar-refractivity contribution in [3.63, 3.8) is 0 Å². The molecule has 1 amide bonds. The number of nitrogens with zero attached hydrogens (tertiary/aromatic N) is 2. The maximum Gasteiger partial charge on any atom is 0.410 e.